The molecule has 0 bridgehead atoms. The molecule has 0 aromatic heterocycles. The van der Waals surface area contributed by atoms with Crippen molar-refractivity contribution in [1.82, 2.24) is 0 Å². The number of hydrogen-bond acceptors (Lipinski definition) is 3. The van der Waals surface area contributed by atoms with Gasteiger partial charge < -0.3 is 4.55 Å². The molecule has 0 spiro atoms. The van der Waals surface area contributed by atoms with Gasteiger partial charge in [-0.2, -0.15) is 39.5 Å². The lowest BCUT2D eigenvalue weighted by Gasteiger charge is -2.34. The molecule has 0 unspecified atom stereocenters. The van der Waals surface area contributed by atoms with Crippen LogP contribution < -0.4 is 0 Å². The molecule has 0 saturated carbocycles. The summed E-state index contributed by atoms with van der Waals surface area (Å²) in [6.45, 7) is 2.27. The fourth-order valence-corrected chi connectivity index (χ4v) is 6.37. The Kier molecular flexibility index (Phi) is 9.89. The summed E-state index contributed by atoms with van der Waals surface area (Å²) in [6, 6.07) is 14.2. The van der Waals surface area contributed by atoms with Crippen LogP contribution in [0.5, 0.6) is 0 Å². The van der Waals surface area contributed by atoms with E-state index in [1.165, 1.54) is 66.4 Å². The lowest BCUT2D eigenvalue weighted by molar-refractivity contribution is -0.382. The van der Waals surface area contributed by atoms with Crippen LogP contribution in [0.4, 0.5) is 39.5 Å². The SMILES string of the molecule is CCCCCc1ccc2cc([S+]3CCCC3)ccc2c1.O=S(=O)([O-])C(F)(F)C(F)(F)C(F)(F)C(F)(F)F. The van der Waals surface area contributed by atoms with E-state index in [2.05, 4.69) is 43.3 Å². The molecule has 1 heterocycles. The van der Waals surface area contributed by atoms with Crippen LogP contribution in [0, 0.1) is 0 Å². The molecule has 3 nitrogen and oxygen atoms in total. The van der Waals surface area contributed by atoms with E-state index in [1.807, 2.05) is 0 Å². The second-order valence-corrected chi connectivity index (χ2v) is 12.2. The normalized spacial score (nSPS) is 16.1. The summed E-state index contributed by atoms with van der Waals surface area (Å²) >= 11 is 0. The van der Waals surface area contributed by atoms with Crippen molar-refractivity contribution < 1.29 is 52.5 Å². The zero-order valence-corrected chi connectivity index (χ0v) is 21.2. The Morgan fingerprint density at radius 2 is 1.35 bits per heavy atom. The maximum Gasteiger partial charge on any atom is 0.460 e. The van der Waals surface area contributed by atoms with Gasteiger partial charge in [-0.05, 0) is 54.2 Å². The van der Waals surface area contributed by atoms with Gasteiger partial charge in [0.05, 0.1) is 0 Å². The summed E-state index contributed by atoms with van der Waals surface area (Å²) in [5, 5.41) is -4.26. The molecule has 0 amide bonds. The van der Waals surface area contributed by atoms with Crippen LogP contribution in [-0.2, 0) is 27.4 Å². The first-order valence-corrected chi connectivity index (χ1v) is 14.2. The Balaban J connectivity index is 0.000000265. The molecule has 1 saturated heterocycles. The molecule has 2 aromatic rings. The Hall–Kier alpha value is -1.67. The Labute approximate surface area is 211 Å². The van der Waals surface area contributed by atoms with Crippen molar-refractivity contribution in [3.8, 4) is 0 Å². The van der Waals surface area contributed by atoms with Gasteiger partial charge in [-0.25, -0.2) is 8.42 Å². The molecule has 1 fully saturated rings. The molecule has 0 N–H and O–H groups in total. The number of aryl methyl sites for hydroxylation is 1. The van der Waals surface area contributed by atoms with Gasteiger partial charge in [-0.15, -0.1) is 0 Å². The lowest BCUT2D eigenvalue weighted by atomic mass is 10.0. The summed E-state index contributed by atoms with van der Waals surface area (Å²) in [4.78, 5) is 1.59. The number of alkyl halides is 9. The number of benzene rings is 2. The summed E-state index contributed by atoms with van der Waals surface area (Å²) in [5.41, 5.74) is 1.50. The van der Waals surface area contributed by atoms with Crippen molar-refractivity contribution >= 4 is 31.8 Å². The molecule has 0 atom stereocenters. The highest BCUT2D eigenvalue weighted by atomic mass is 32.2. The first-order valence-electron chi connectivity index (χ1n) is 11.2. The van der Waals surface area contributed by atoms with Crippen molar-refractivity contribution in [2.45, 2.75) is 73.6 Å². The fraction of sp³-hybridized carbons (Fsp3) is 0.565. The molecular formula is C23H25F9O3S2. The van der Waals surface area contributed by atoms with Gasteiger partial charge in [0.1, 0.15) is 11.5 Å². The van der Waals surface area contributed by atoms with Gasteiger partial charge in [0, 0.05) is 17.0 Å². The Morgan fingerprint density at radius 3 is 1.86 bits per heavy atom. The summed E-state index contributed by atoms with van der Waals surface area (Å²) < 4.78 is 135. The number of unbranched alkanes of at least 4 members (excludes halogenated alkanes) is 2. The van der Waals surface area contributed by atoms with Crippen LogP contribution in [0.2, 0.25) is 0 Å². The van der Waals surface area contributed by atoms with Gasteiger partial charge in [0.2, 0.25) is 0 Å². The quantitative estimate of drug-likeness (QED) is 0.142. The van der Waals surface area contributed by atoms with E-state index >= 15 is 0 Å². The highest BCUT2D eigenvalue weighted by Gasteiger charge is 2.83. The molecule has 1 aliphatic rings. The predicted molar refractivity (Wildman–Crippen MR) is 122 cm³/mol. The van der Waals surface area contributed by atoms with Crippen molar-refractivity contribution in [1.29, 1.82) is 0 Å². The average molecular weight is 585 g/mol. The number of hydrogen-bond donors (Lipinski definition) is 0. The van der Waals surface area contributed by atoms with Gasteiger partial charge >= 0.3 is 23.3 Å². The minimum absolute atomic E-state index is 0.542. The van der Waals surface area contributed by atoms with Crippen LogP contribution in [0.1, 0.15) is 44.6 Å². The minimum Gasteiger partial charge on any atom is -0.743 e. The zero-order chi connectivity index (χ0) is 28.3. The second kappa shape index (κ2) is 11.6. The van der Waals surface area contributed by atoms with Crippen molar-refractivity contribution in [2.75, 3.05) is 11.5 Å². The maximum absolute atomic E-state index is 12.2. The third kappa shape index (κ3) is 6.86. The first-order chi connectivity index (χ1) is 16.9. The molecule has 0 aliphatic carbocycles. The summed E-state index contributed by atoms with van der Waals surface area (Å²) in [5.74, 6) is -12.0. The van der Waals surface area contributed by atoms with E-state index in [9.17, 15) is 52.5 Å². The highest BCUT2D eigenvalue weighted by molar-refractivity contribution is 7.97. The van der Waals surface area contributed by atoms with Gasteiger partial charge in [-0.1, -0.05) is 38.0 Å². The van der Waals surface area contributed by atoms with E-state index in [-0.39, 0.29) is 0 Å². The van der Waals surface area contributed by atoms with E-state index in [4.69, 9.17) is 0 Å². The second-order valence-electron chi connectivity index (χ2n) is 8.53. The molecule has 0 radical (unpaired) electrons. The molecular weight excluding hydrogens is 559 g/mol. The van der Waals surface area contributed by atoms with Gasteiger partial charge in [0.25, 0.3) is 0 Å². The van der Waals surface area contributed by atoms with Crippen molar-refractivity contribution in [2.24, 2.45) is 0 Å². The van der Waals surface area contributed by atoms with Gasteiger partial charge in [-0.3, -0.25) is 0 Å². The summed E-state index contributed by atoms with van der Waals surface area (Å²) in [6.07, 6.45) is 0.901. The Morgan fingerprint density at radius 1 is 0.811 bits per heavy atom. The third-order valence-electron chi connectivity index (χ3n) is 5.74. The molecule has 210 valence electrons. The van der Waals surface area contributed by atoms with Crippen LogP contribution in [0.3, 0.4) is 0 Å². The number of rotatable bonds is 8. The number of fused-ring (bicyclic) bond motifs is 1. The fourth-order valence-electron chi connectivity index (χ4n) is 3.60. The van der Waals surface area contributed by atoms with E-state index in [1.54, 1.807) is 4.90 Å². The predicted octanol–water partition coefficient (Wildman–Crippen LogP) is 7.30. The third-order valence-corrected chi connectivity index (χ3v) is 9.11. The lowest BCUT2D eigenvalue weighted by Crippen LogP contribution is -2.63. The highest BCUT2D eigenvalue weighted by Crippen LogP contribution is 2.54. The van der Waals surface area contributed by atoms with Crippen molar-refractivity contribution in [3.05, 3.63) is 42.0 Å². The molecule has 3 rings (SSSR count). The topological polar surface area (TPSA) is 57.2 Å². The maximum atomic E-state index is 12.2. The van der Waals surface area contributed by atoms with Crippen LogP contribution in [0.25, 0.3) is 10.8 Å². The zero-order valence-electron chi connectivity index (χ0n) is 19.6. The average Bonchev–Trinajstić information content (AvgIpc) is 3.32. The first kappa shape index (κ1) is 31.5. The van der Waals surface area contributed by atoms with Crippen LogP contribution >= 0.6 is 0 Å². The number of halogens is 9. The Bertz CT molecular complexity index is 1160. The minimum atomic E-state index is -7.43. The standard InChI is InChI=1S/C19H25S.C4HF9O3S/c1-2-3-4-7-16-8-9-18-15-19(11-10-17(18)14-16)20-12-5-6-13-20;5-1(6,3(9,10)11)2(7,8)4(12,13)17(14,15)16/h8-11,14-15H,2-7,12-13H2,1H3;(H,14,15,16)/q+1;/p-1. The summed E-state index contributed by atoms with van der Waals surface area (Å²) in [7, 11) is -6.87. The van der Waals surface area contributed by atoms with E-state index in [0.29, 0.717) is 10.9 Å². The van der Waals surface area contributed by atoms with E-state index in [0.717, 1.165) is 0 Å². The molecule has 2 aromatic carbocycles. The largest absolute Gasteiger partial charge is 0.743 e. The molecule has 14 heteroatoms. The molecule has 1 aliphatic heterocycles. The van der Waals surface area contributed by atoms with Crippen LogP contribution in [-0.4, -0.2) is 47.8 Å². The van der Waals surface area contributed by atoms with E-state index < -0.39 is 33.4 Å². The van der Waals surface area contributed by atoms with Gasteiger partial charge in [0.15, 0.2) is 15.0 Å². The monoisotopic (exact) mass is 584 g/mol. The van der Waals surface area contributed by atoms with Crippen molar-refractivity contribution in [3.63, 3.8) is 0 Å². The smallest absolute Gasteiger partial charge is 0.460 e. The molecule has 37 heavy (non-hydrogen) atoms. The van der Waals surface area contributed by atoms with Crippen LogP contribution in [0.15, 0.2) is 41.3 Å².